The van der Waals surface area contributed by atoms with E-state index >= 15 is 0 Å². The van der Waals surface area contributed by atoms with Crippen LogP contribution in [0.15, 0.2) is 12.3 Å². The topological polar surface area (TPSA) is 12.9 Å². The number of halogens is 4. The van der Waals surface area contributed by atoms with Gasteiger partial charge in [0, 0.05) is 12.1 Å². The third kappa shape index (κ3) is 1.59. The Balaban J connectivity index is 2.53. The first-order valence-electron chi connectivity index (χ1n) is 5.00. The summed E-state index contributed by atoms with van der Waals surface area (Å²) >= 11 is 5.71. The molecular formula is C11H11ClF3N. The molecule has 0 atom stereocenters. The average molecular weight is 250 g/mol. The maximum absolute atomic E-state index is 12.9. The zero-order valence-electron chi connectivity index (χ0n) is 8.74. The third-order valence-electron chi connectivity index (χ3n) is 3.17. The van der Waals surface area contributed by atoms with Gasteiger partial charge in [0.1, 0.15) is 5.41 Å². The number of hydrogen-bond donors (Lipinski definition) is 0. The van der Waals surface area contributed by atoms with Crippen LogP contribution in [0.25, 0.3) is 0 Å². The predicted molar refractivity (Wildman–Crippen MR) is 55.5 cm³/mol. The highest BCUT2D eigenvalue weighted by atomic mass is 35.5. The van der Waals surface area contributed by atoms with Crippen LogP contribution in [-0.2, 0) is 11.3 Å². The van der Waals surface area contributed by atoms with Crippen molar-refractivity contribution < 1.29 is 13.2 Å². The lowest BCUT2D eigenvalue weighted by atomic mass is 9.95. The second-order valence-corrected chi connectivity index (χ2v) is 4.44. The van der Waals surface area contributed by atoms with Crippen molar-refractivity contribution >= 4 is 11.6 Å². The Morgan fingerprint density at radius 3 is 2.50 bits per heavy atom. The van der Waals surface area contributed by atoms with Crippen molar-refractivity contribution in [3.05, 3.63) is 29.1 Å². The summed E-state index contributed by atoms with van der Waals surface area (Å²) in [4.78, 5) is 3.91. The maximum atomic E-state index is 12.9. The van der Waals surface area contributed by atoms with Gasteiger partial charge < -0.3 is 0 Å². The predicted octanol–water partition coefficient (Wildman–Crippen LogP) is 3.72. The van der Waals surface area contributed by atoms with Crippen LogP contribution in [0.2, 0.25) is 0 Å². The molecular weight excluding hydrogens is 239 g/mol. The maximum Gasteiger partial charge on any atom is 0.399 e. The molecule has 1 aliphatic carbocycles. The molecule has 1 aromatic heterocycles. The number of pyridine rings is 1. The average Bonchev–Trinajstić information content (AvgIpc) is 2.96. The molecule has 1 aliphatic rings. The zero-order valence-corrected chi connectivity index (χ0v) is 9.49. The summed E-state index contributed by atoms with van der Waals surface area (Å²) < 4.78 is 38.8. The largest absolute Gasteiger partial charge is 0.399 e. The van der Waals surface area contributed by atoms with Crippen molar-refractivity contribution in [3.63, 3.8) is 0 Å². The Labute approximate surface area is 96.6 Å². The number of hydrogen-bond acceptors (Lipinski definition) is 1. The lowest BCUT2D eigenvalue weighted by molar-refractivity contribution is -0.161. The highest BCUT2D eigenvalue weighted by Crippen LogP contribution is 2.59. The SMILES string of the molecule is Cc1ccnc(C2(C(F)(F)F)CC2)c1CCl. The first-order valence-corrected chi connectivity index (χ1v) is 5.53. The standard InChI is InChI=1S/C11H11ClF3N/c1-7-2-5-16-9(8(7)6-12)10(3-4-10)11(13,14)15/h2,5H,3-4,6H2,1H3. The normalized spacial score (nSPS) is 18.6. The van der Waals surface area contributed by atoms with Gasteiger partial charge in [-0.05, 0) is 37.0 Å². The van der Waals surface area contributed by atoms with Crippen LogP contribution in [0.5, 0.6) is 0 Å². The van der Waals surface area contributed by atoms with Gasteiger partial charge in [-0.1, -0.05) is 0 Å². The fourth-order valence-corrected chi connectivity index (χ4v) is 2.29. The molecule has 0 aromatic carbocycles. The fraction of sp³-hybridized carbons (Fsp3) is 0.545. The van der Waals surface area contributed by atoms with E-state index in [9.17, 15) is 13.2 Å². The number of nitrogens with zero attached hydrogens (tertiary/aromatic N) is 1. The van der Waals surface area contributed by atoms with Gasteiger partial charge in [-0.25, -0.2) is 0 Å². The Bertz CT molecular complexity index is 410. The van der Waals surface area contributed by atoms with E-state index in [0.29, 0.717) is 5.56 Å². The van der Waals surface area contributed by atoms with Gasteiger partial charge >= 0.3 is 6.18 Å². The van der Waals surface area contributed by atoms with Crippen molar-refractivity contribution in [3.8, 4) is 0 Å². The Hall–Kier alpha value is -0.770. The first kappa shape index (κ1) is 11.7. The van der Waals surface area contributed by atoms with Crippen LogP contribution in [0.1, 0.15) is 29.7 Å². The van der Waals surface area contributed by atoms with Crippen molar-refractivity contribution in [2.75, 3.05) is 0 Å². The van der Waals surface area contributed by atoms with Crippen molar-refractivity contribution in [1.29, 1.82) is 0 Å². The zero-order chi connectivity index (χ0) is 12.0. The quantitative estimate of drug-likeness (QED) is 0.728. The Kier molecular flexibility index (Phi) is 2.65. The van der Waals surface area contributed by atoms with E-state index in [1.165, 1.54) is 6.20 Å². The van der Waals surface area contributed by atoms with Gasteiger partial charge in [0.25, 0.3) is 0 Å². The van der Waals surface area contributed by atoms with E-state index < -0.39 is 11.6 Å². The lowest BCUT2D eigenvalue weighted by Gasteiger charge is -2.21. The van der Waals surface area contributed by atoms with E-state index in [-0.39, 0.29) is 24.4 Å². The minimum Gasteiger partial charge on any atom is -0.260 e. The number of aryl methyl sites for hydroxylation is 1. The molecule has 1 heterocycles. The molecule has 0 radical (unpaired) electrons. The molecule has 1 aromatic rings. The van der Waals surface area contributed by atoms with E-state index in [1.807, 2.05) is 0 Å². The lowest BCUT2D eigenvalue weighted by Crippen LogP contribution is -2.31. The summed E-state index contributed by atoms with van der Waals surface area (Å²) in [5.41, 5.74) is -0.312. The number of aromatic nitrogens is 1. The van der Waals surface area contributed by atoms with Gasteiger partial charge in [0.15, 0.2) is 0 Å². The molecule has 0 bridgehead atoms. The molecule has 16 heavy (non-hydrogen) atoms. The molecule has 5 heteroatoms. The second-order valence-electron chi connectivity index (χ2n) is 4.17. The van der Waals surface area contributed by atoms with Crippen LogP contribution in [-0.4, -0.2) is 11.2 Å². The molecule has 88 valence electrons. The van der Waals surface area contributed by atoms with Gasteiger partial charge in [-0.15, -0.1) is 11.6 Å². The van der Waals surface area contributed by atoms with Gasteiger partial charge in [-0.3, -0.25) is 4.98 Å². The van der Waals surface area contributed by atoms with Crippen molar-refractivity contribution in [1.82, 2.24) is 4.98 Å². The monoisotopic (exact) mass is 249 g/mol. The minimum atomic E-state index is -4.23. The highest BCUT2D eigenvalue weighted by Gasteiger charge is 2.65. The van der Waals surface area contributed by atoms with E-state index in [0.717, 1.165) is 5.56 Å². The molecule has 0 saturated heterocycles. The molecule has 0 spiro atoms. The van der Waals surface area contributed by atoms with E-state index in [4.69, 9.17) is 11.6 Å². The highest BCUT2D eigenvalue weighted by molar-refractivity contribution is 6.17. The van der Waals surface area contributed by atoms with Crippen LogP contribution in [0, 0.1) is 6.92 Å². The van der Waals surface area contributed by atoms with Crippen LogP contribution >= 0.6 is 11.6 Å². The minimum absolute atomic E-state index is 0.0762. The Morgan fingerprint density at radius 2 is 2.06 bits per heavy atom. The van der Waals surface area contributed by atoms with E-state index in [2.05, 4.69) is 4.98 Å². The summed E-state index contributed by atoms with van der Waals surface area (Å²) in [6.45, 7) is 1.76. The van der Waals surface area contributed by atoms with Crippen LogP contribution in [0.4, 0.5) is 13.2 Å². The molecule has 0 aliphatic heterocycles. The summed E-state index contributed by atoms with van der Waals surface area (Å²) in [7, 11) is 0. The summed E-state index contributed by atoms with van der Waals surface area (Å²) in [6, 6.07) is 1.69. The van der Waals surface area contributed by atoms with Crippen LogP contribution < -0.4 is 0 Å². The molecule has 1 nitrogen and oxygen atoms in total. The molecule has 0 unspecified atom stereocenters. The Morgan fingerprint density at radius 1 is 1.44 bits per heavy atom. The van der Waals surface area contributed by atoms with E-state index in [1.54, 1.807) is 13.0 Å². The molecule has 1 saturated carbocycles. The molecule has 2 rings (SSSR count). The smallest absolute Gasteiger partial charge is 0.260 e. The van der Waals surface area contributed by atoms with Crippen LogP contribution in [0.3, 0.4) is 0 Å². The summed E-state index contributed by atoms with van der Waals surface area (Å²) in [5, 5.41) is 0. The van der Waals surface area contributed by atoms with Gasteiger partial charge in [-0.2, -0.15) is 13.2 Å². The molecule has 1 fully saturated rings. The molecule has 0 amide bonds. The van der Waals surface area contributed by atoms with Gasteiger partial charge in [0.05, 0.1) is 5.69 Å². The fourth-order valence-electron chi connectivity index (χ4n) is 1.95. The summed E-state index contributed by atoms with van der Waals surface area (Å²) in [5.74, 6) is 0.0762. The van der Waals surface area contributed by atoms with Gasteiger partial charge in [0.2, 0.25) is 0 Å². The second kappa shape index (κ2) is 3.62. The first-order chi connectivity index (χ1) is 7.42. The van der Waals surface area contributed by atoms with Crippen molar-refractivity contribution in [2.24, 2.45) is 0 Å². The molecule has 0 N–H and O–H groups in total. The number of alkyl halides is 4. The third-order valence-corrected chi connectivity index (χ3v) is 3.44. The van der Waals surface area contributed by atoms with Crippen molar-refractivity contribution in [2.45, 2.75) is 37.2 Å². The summed E-state index contributed by atoms with van der Waals surface area (Å²) in [6.07, 6.45) is -2.56. The number of rotatable bonds is 2.